The van der Waals surface area contributed by atoms with Crippen molar-refractivity contribution in [2.45, 2.75) is 0 Å². The Morgan fingerprint density at radius 3 is 0.625 bits per heavy atom. The molecule has 0 aromatic rings. The third kappa shape index (κ3) is 45.8. The normalized spacial score (nSPS) is 20.2. The molecule has 0 N–H and O–H groups in total. The van der Waals surface area contributed by atoms with Crippen LogP contribution in [-0.4, -0.2) is 47.2 Å². The molecule has 0 nitrogen and oxygen atoms in total. The monoisotopic (exact) mass is 639 g/mol. The van der Waals surface area contributed by atoms with E-state index in [4.69, 9.17) is 0 Å². The molecule has 0 bridgehead atoms. The Labute approximate surface area is 135 Å². The molecule has 0 heterocycles. The predicted octanol–water partition coefficient (Wildman–Crippen LogP) is 4.31. The van der Waals surface area contributed by atoms with Crippen LogP contribution in [0.5, 0.6) is 0 Å². The quantitative estimate of drug-likeness (QED) is 0.273. The Bertz CT molecular complexity index is 67.1. The molecular weight excluding hydrogens is 645 g/mol. The first-order valence-electron chi connectivity index (χ1n) is 1.13. The van der Waals surface area contributed by atoms with Crippen molar-refractivity contribution in [3.8, 4) is 0 Å². The molecule has 0 aromatic heterocycles. The summed E-state index contributed by atoms with van der Waals surface area (Å²) in [5, 5.41) is 0. The summed E-state index contributed by atoms with van der Waals surface area (Å²) in [6.07, 6.45) is 0. The Hall–Kier alpha value is 4.67. The summed E-state index contributed by atoms with van der Waals surface area (Å²) in [4.78, 5) is 0. The van der Waals surface area contributed by atoms with Gasteiger partial charge in [0.15, 0.2) is 0 Å². The van der Waals surface area contributed by atoms with Gasteiger partial charge in [0, 0.05) is 0 Å². The van der Waals surface area contributed by atoms with Gasteiger partial charge in [0.25, 0.3) is 0 Å². The van der Waals surface area contributed by atoms with Crippen molar-refractivity contribution in [2.75, 3.05) is 0 Å². The molecule has 0 amide bonds. The van der Waals surface area contributed by atoms with Crippen LogP contribution in [0.1, 0.15) is 0 Å². The zero-order chi connectivity index (χ0) is 6.41. The smallest absolute Gasteiger partial charge is 2.00 e. The molecule has 0 radical (unpaired) electrons. The minimum absolute atomic E-state index is 0. The van der Waals surface area contributed by atoms with Gasteiger partial charge < -0.3 is 0 Å². The zero-order valence-corrected chi connectivity index (χ0v) is 18.4. The Balaban J connectivity index is 0. The molecule has 0 aliphatic rings. The summed E-state index contributed by atoms with van der Waals surface area (Å²) in [6.45, 7) is 0. The zero-order valence-electron chi connectivity index (χ0n) is 3.47. The first kappa shape index (κ1) is 15.2. The van der Waals surface area contributed by atoms with Gasteiger partial charge in [0.1, 0.15) is 0 Å². The second-order valence-corrected chi connectivity index (χ2v) is 86.8. The molecule has 0 atom stereocenters. The van der Waals surface area contributed by atoms with Gasteiger partial charge in [-0.15, -0.1) is 0 Å². The van der Waals surface area contributed by atoms with Gasteiger partial charge in [-0.05, 0) is 0 Å². The number of hydrogen-bond donors (Lipinski definition) is 0. The van der Waals surface area contributed by atoms with Gasteiger partial charge >= 0.3 is 139 Å². The second kappa shape index (κ2) is 3.43. The van der Waals surface area contributed by atoms with Crippen LogP contribution in [0.2, 0.25) is 0 Å². The maximum atomic E-state index is 3.32. The van der Waals surface area contributed by atoms with Crippen molar-refractivity contribution < 1.29 is 0 Å². The maximum absolute atomic E-state index is 3.32. The van der Waals surface area contributed by atoms with Crippen molar-refractivity contribution in [3.05, 3.63) is 0 Å². The third-order valence-corrected chi connectivity index (χ3v) is 0. The first-order chi connectivity index (χ1) is 2.45. The minimum atomic E-state index is -2.97. The topological polar surface area (TPSA) is 0 Å². The van der Waals surface area contributed by atoms with Crippen LogP contribution in [0, 0.1) is 0 Å². The fraction of sp³-hybridized carbons (Fsp3) is 0. The number of hydrogen-bond acceptors (Lipinski definition) is 0. The van der Waals surface area contributed by atoms with E-state index in [-0.39, 0.29) is 48.9 Å². The molecule has 0 aromatic carbocycles. The summed E-state index contributed by atoms with van der Waals surface area (Å²) in [5.74, 6) is 0. The van der Waals surface area contributed by atoms with E-state index in [2.05, 4.69) is 91.8 Å². The number of halogens is 6. The van der Waals surface area contributed by atoms with E-state index in [0.717, 1.165) is 0 Å². The predicted molar refractivity (Wildman–Crippen MR) is 65.1 cm³/mol. The van der Waals surface area contributed by atoms with Crippen molar-refractivity contribution in [3.63, 3.8) is 0 Å². The molecule has 8 heteroatoms. The summed E-state index contributed by atoms with van der Waals surface area (Å²) in [6, 6.07) is 0. The summed E-state index contributed by atoms with van der Waals surface area (Å²) in [7, 11) is 0. The fourth-order valence-corrected chi connectivity index (χ4v) is 0. The molecule has 0 aliphatic heterocycles. The summed E-state index contributed by atoms with van der Waals surface area (Å²) < 4.78 is -2.97. The molecule has 0 saturated heterocycles. The first-order valence-corrected chi connectivity index (χ1v) is 17.7. The molecule has 48 valence electrons. The minimum Gasteiger partial charge on any atom is 2.00 e. The average Bonchev–Trinajstić information content (AvgIpc) is 0.592. The Morgan fingerprint density at radius 2 is 0.625 bits per heavy atom. The van der Waals surface area contributed by atoms with Crippen LogP contribution < -0.4 is 0 Å². The van der Waals surface area contributed by atoms with Gasteiger partial charge in [-0.3, -0.25) is 0 Å². The van der Waals surface area contributed by atoms with E-state index in [1.54, 1.807) is 0 Å². The van der Waals surface area contributed by atoms with Crippen LogP contribution in [-0.2, 0) is 0 Å². The summed E-state index contributed by atoms with van der Waals surface area (Å²) in [5.41, 5.74) is 0. The van der Waals surface area contributed by atoms with Crippen LogP contribution >= 0.6 is 91.8 Å². The van der Waals surface area contributed by atoms with E-state index < -0.39 is -1.66 Å². The van der Waals surface area contributed by atoms with Gasteiger partial charge in [-0.25, -0.2) is 0 Å². The maximum Gasteiger partial charge on any atom is 2.00 e. The molecule has 0 rings (SSSR count). The average molecular weight is 645 g/mol. The van der Waals surface area contributed by atoms with E-state index in [9.17, 15) is 0 Å². The molecule has 0 fully saturated rings. The van der Waals surface area contributed by atoms with Crippen LogP contribution in [0.25, 0.3) is 0 Å². The van der Waals surface area contributed by atoms with Crippen LogP contribution in [0.4, 0.5) is 0 Å². The SMILES string of the molecule is Br[Si-2](Br)(Br)(Br)(Br)Br.[Ba+2]. The van der Waals surface area contributed by atoms with E-state index in [1.807, 2.05) is 0 Å². The Morgan fingerprint density at radius 1 is 0.625 bits per heavy atom. The van der Waals surface area contributed by atoms with E-state index in [0.29, 0.717) is 0 Å². The van der Waals surface area contributed by atoms with E-state index >= 15 is 0 Å². The number of rotatable bonds is 0. The standard InChI is InChI=1S/Ba.Br6Si/c;1-7(2,3,4,5)6/q+2;-2. The molecule has 0 spiro atoms. The van der Waals surface area contributed by atoms with Crippen molar-refractivity contribution >= 4 is 139 Å². The molecule has 8 heavy (non-hydrogen) atoms. The van der Waals surface area contributed by atoms with Crippen LogP contribution in [0.15, 0.2) is 0 Å². The molecular formula is BaBr6Si. The van der Waals surface area contributed by atoms with Gasteiger partial charge in [0.2, 0.25) is 0 Å². The molecule has 0 saturated carbocycles. The molecule has 0 unspecified atom stereocenters. The van der Waals surface area contributed by atoms with E-state index in [1.165, 1.54) is 0 Å². The second-order valence-electron chi connectivity index (χ2n) is 1.07. The van der Waals surface area contributed by atoms with Gasteiger partial charge in [0.05, 0.1) is 0 Å². The summed E-state index contributed by atoms with van der Waals surface area (Å²) >= 11 is 19.9. The van der Waals surface area contributed by atoms with Gasteiger partial charge in [-0.1, -0.05) is 0 Å². The van der Waals surface area contributed by atoms with Crippen LogP contribution in [0.3, 0.4) is 0 Å². The Kier molecular flexibility index (Phi) is 6.50. The van der Waals surface area contributed by atoms with Crippen molar-refractivity contribution in [1.82, 2.24) is 0 Å². The largest absolute Gasteiger partial charge is 2.00 e. The third-order valence-electron chi connectivity index (χ3n) is 0. The van der Waals surface area contributed by atoms with Crippen molar-refractivity contribution in [1.29, 1.82) is 0 Å². The van der Waals surface area contributed by atoms with Gasteiger partial charge in [-0.2, -0.15) is 0 Å². The molecule has 0 aliphatic carbocycles. The van der Waals surface area contributed by atoms with Crippen molar-refractivity contribution in [2.24, 2.45) is 0 Å². The fourth-order valence-electron chi connectivity index (χ4n) is 0.